The van der Waals surface area contributed by atoms with Crippen LogP contribution in [-0.4, -0.2) is 42.3 Å². The molecule has 0 N–H and O–H groups in total. The number of hydrogen-bond acceptors (Lipinski definition) is 5. The van der Waals surface area contributed by atoms with Crippen LogP contribution in [0.5, 0.6) is 0 Å². The van der Waals surface area contributed by atoms with Gasteiger partial charge < -0.3 is 9.64 Å². The third kappa shape index (κ3) is 4.27. The number of hydrogen-bond donors (Lipinski definition) is 0. The molecular weight excluding hydrogens is 374 g/mol. The van der Waals surface area contributed by atoms with Crippen molar-refractivity contribution < 1.29 is 19.1 Å². The lowest BCUT2D eigenvalue weighted by Crippen LogP contribution is -2.45. The van der Waals surface area contributed by atoms with E-state index < -0.39 is 5.41 Å². The van der Waals surface area contributed by atoms with Crippen LogP contribution in [0.3, 0.4) is 0 Å². The number of thiophene rings is 1. The van der Waals surface area contributed by atoms with Gasteiger partial charge in [0.2, 0.25) is 11.7 Å². The van der Waals surface area contributed by atoms with Gasteiger partial charge in [-0.1, -0.05) is 39.0 Å². The van der Waals surface area contributed by atoms with Gasteiger partial charge in [-0.25, -0.2) is 0 Å². The highest BCUT2D eigenvalue weighted by molar-refractivity contribution is 7.21. The fourth-order valence-electron chi connectivity index (χ4n) is 3.55. The molecule has 0 atom stereocenters. The van der Waals surface area contributed by atoms with Gasteiger partial charge in [0, 0.05) is 23.2 Å². The molecule has 1 aromatic carbocycles. The number of benzene rings is 1. The number of ketones is 1. The number of nitrogens with zero attached hydrogens (tertiary/aromatic N) is 1. The van der Waals surface area contributed by atoms with Gasteiger partial charge in [0.25, 0.3) is 0 Å². The Balaban J connectivity index is 1.54. The second kappa shape index (κ2) is 8.03. The van der Waals surface area contributed by atoms with Crippen LogP contribution < -0.4 is 0 Å². The van der Waals surface area contributed by atoms with Gasteiger partial charge in [0.15, 0.2) is 6.61 Å². The number of carbonyl (C=O) groups excluding carboxylic acids is 3. The maximum Gasteiger partial charge on any atom is 0.309 e. The van der Waals surface area contributed by atoms with Crippen LogP contribution >= 0.6 is 11.3 Å². The molecule has 1 aliphatic heterocycles. The number of likely N-dealkylation sites (tertiary alicyclic amines) is 1. The van der Waals surface area contributed by atoms with Crippen molar-refractivity contribution in [2.75, 3.05) is 19.7 Å². The third-order valence-electron chi connectivity index (χ3n) is 5.20. The average molecular weight is 402 g/mol. The largest absolute Gasteiger partial charge is 0.457 e. The van der Waals surface area contributed by atoms with Gasteiger partial charge in [-0.2, -0.15) is 0 Å². The van der Waals surface area contributed by atoms with Gasteiger partial charge >= 0.3 is 5.97 Å². The fourth-order valence-corrected chi connectivity index (χ4v) is 4.69. The summed E-state index contributed by atoms with van der Waals surface area (Å²) in [5.41, 5.74) is 0.526. The summed E-state index contributed by atoms with van der Waals surface area (Å²) >= 11 is 1.44. The zero-order valence-electron chi connectivity index (χ0n) is 16.9. The Morgan fingerprint density at radius 1 is 1.14 bits per heavy atom. The van der Waals surface area contributed by atoms with E-state index in [0.717, 1.165) is 15.6 Å². The van der Waals surface area contributed by atoms with Gasteiger partial charge in [-0.15, -0.1) is 11.3 Å². The molecule has 1 aliphatic rings. The molecule has 1 aromatic heterocycles. The summed E-state index contributed by atoms with van der Waals surface area (Å²) in [5.74, 6) is -0.641. The smallest absolute Gasteiger partial charge is 0.309 e. The highest BCUT2D eigenvalue weighted by atomic mass is 32.1. The summed E-state index contributed by atoms with van der Waals surface area (Å²) in [4.78, 5) is 39.8. The summed E-state index contributed by atoms with van der Waals surface area (Å²) in [5, 5.41) is 1.07. The van der Waals surface area contributed by atoms with E-state index in [9.17, 15) is 14.4 Å². The molecule has 0 aliphatic carbocycles. The molecule has 28 heavy (non-hydrogen) atoms. The van der Waals surface area contributed by atoms with Gasteiger partial charge in [-0.3, -0.25) is 14.4 Å². The molecule has 0 bridgehead atoms. The molecule has 0 spiro atoms. The Kier molecular flexibility index (Phi) is 5.89. The van der Waals surface area contributed by atoms with Crippen molar-refractivity contribution in [2.45, 2.75) is 40.5 Å². The molecule has 1 saturated heterocycles. The van der Waals surface area contributed by atoms with E-state index in [1.165, 1.54) is 11.3 Å². The number of fused-ring (bicyclic) bond motifs is 1. The summed E-state index contributed by atoms with van der Waals surface area (Å²) < 4.78 is 6.39. The zero-order valence-corrected chi connectivity index (χ0v) is 17.7. The molecule has 3 rings (SSSR count). The lowest BCUT2D eigenvalue weighted by Gasteiger charge is -2.34. The molecular formula is C22H27NO4S. The minimum absolute atomic E-state index is 0.106. The monoisotopic (exact) mass is 401 g/mol. The molecule has 1 amide bonds. The Hall–Kier alpha value is -2.21. The fraction of sp³-hybridized carbons (Fsp3) is 0.500. The second-order valence-corrected chi connectivity index (χ2v) is 9.45. The normalized spacial score (nSPS) is 15.6. The highest BCUT2D eigenvalue weighted by Crippen LogP contribution is 2.31. The zero-order chi connectivity index (χ0) is 20.5. The molecule has 0 unspecified atom stereocenters. The van der Waals surface area contributed by atoms with Crippen molar-refractivity contribution in [3.05, 3.63) is 34.7 Å². The highest BCUT2D eigenvalue weighted by Gasteiger charge is 2.33. The van der Waals surface area contributed by atoms with E-state index in [1.807, 2.05) is 56.9 Å². The Labute approximate surface area is 169 Å². The van der Waals surface area contributed by atoms with E-state index in [-0.39, 0.29) is 30.2 Å². The molecule has 150 valence electrons. The lowest BCUT2D eigenvalue weighted by atomic mass is 9.91. The first-order chi connectivity index (χ1) is 13.2. The molecule has 5 nitrogen and oxygen atoms in total. The molecule has 2 aromatic rings. The predicted molar refractivity (Wildman–Crippen MR) is 111 cm³/mol. The van der Waals surface area contributed by atoms with E-state index in [2.05, 4.69) is 0 Å². The van der Waals surface area contributed by atoms with Crippen LogP contribution in [0.4, 0.5) is 0 Å². The SMILES string of the molecule is Cc1c(C(=O)COC(=O)C2CCN(C(=O)C(C)(C)C)CC2)sc2ccccc12. The van der Waals surface area contributed by atoms with Crippen LogP contribution in [0.25, 0.3) is 10.1 Å². The maximum absolute atomic E-state index is 12.6. The van der Waals surface area contributed by atoms with E-state index in [1.54, 1.807) is 0 Å². The van der Waals surface area contributed by atoms with Crippen molar-refractivity contribution in [3.63, 3.8) is 0 Å². The molecule has 2 heterocycles. The number of aryl methyl sites for hydroxylation is 1. The summed E-state index contributed by atoms with van der Waals surface area (Å²) in [7, 11) is 0. The minimum Gasteiger partial charge on any atom is -0.457 e. The number of Topliss-reactive ketones (excluding diaryl/α,β-unsaturated/α-hetero) is 1. The summed E-state index contributed by atoms with van der Waals surface area (Å²) in [6.45, 7) is 8.51. The number of amides is 1. The first-order valence-electron chi connectivity index (χ1n) is 9.66. The van der Waals surface area contributed by atoms with Crippen molar-refractivity contribution in [1.82, 2.24) is 4.90 Å². The Morgan fingerprint density at radius 3 is 2.39 bits per heavy atom. The van der Waals surface area contributed by atoms with Gasteiger partial charge in [0.05, 0.1) is 10.8 Å². The topological polar surface area (TPSA) is 63.7 Å². The van der Waals surface area contributed by atoms with Crippen molar-refractivity contribution in [3.8, 4) is 0 Å². The number of piperidine rings is 1. The molecule has 6 heteroatoms. The van der Waals surface area contributed by atoms with Crippen LogP contribution in [0.2, 0.25) is 0 Å². The molecule has 0 radical (unpaired) electrons. The number of carbonyl (C=O) groups is 3. The van der Waals surface area contributed by atoms with Crippen LogP contribution in [-0.2, 0) is 14.3 Å². The van der Waals surface area contributed by atoms with E-state index >= 15 is 0 Å². The van der Waals surface area contributed by atoms with E-state index in [4.69, 9.17) is 4.74 Å². The average Bonchev–Trinajstić information content (AvgIpc) is 3.01. The Morgan fingerprint density at radius 2 is 1.79 bits per heavy atom. The minimum atomic E-state index is -0.415. The van der Waals surface area contributed by atoms with E-state index in [0.29, 0.717) is 30.8 Å². The van der Waals surface area contributed by atoms with Crippen molar-refractivity contribution in [2.24, 2.45) is 11.3 Å². The molecule has 1 fully saturated rings. The standard InChI is InChI=1S/C22H27NO4S/c1-14-16-7-5-6-8-18(16)28-19(14)17(24)13-27-20(25)15-9-11-23(12-10-15)21(26)22(2,3)4/h5-8,15H,9-13H2,1-4H3. The first kappa shape index (κ1) is 20.5. The Bertz CT molecular complexity index is 901. The van der Waals surface area contributed by atoms with Crippen molar-refractivity contribution in [1.29, 1.82) is 0 Å². The first-order valence-corrected chi connectivity index (χ1v) is 10.5. The summed E-state index contributed by atoms with van der Waals surface area (Å²) in [6, 6.07) is 7.88. The second-order valence-electron chi connectivity index (χ2n) is 8.40. The third-order valence-corrected chi connectivity index (χ3v) is 6.51. The lowest BCUT2D eigenvalue weighted by molar-refractivity contribution is -0.152. The quantitative estimate of drug-likeness (QED) is 0.568. The molecule has 0 saturated carbocycles. The van der Waals surface area contributed by atoms with Gasteiger partial charge in [-0.05, 0) is 36.8 Å². The number of ether oxygens (including phenoxy) is 1. The maximum atomic E-state index is 12.6. The predicted octanol–water partition coefficient (Wildman–Crippen LogP) is 4.22. The summed E-state index contributed by atoms with van der Waals surface area (Å²) in [6.07, 6.45) is 1.16. The van der Waals surface area contributed by atoms with Crippen LogP contribution in [0.1, 0.15) is 48.8 Å². The van der Waals surface area contributed by atoms with Crippen LogP contribution in [0.15, 0.2) is 24.3 Å². The van der Waals surface area contributed by atoms with Crippen LogP contribution in [0, 0.1) is 18.3 Å². The van der Waals surface area contributed by atoms with Gasteiger partial charge in [0.1, 0.15) is 0 Å². The number of rotatable bonds is 4. The number of esters is 1. The van der Waals surface area contributed by atoms with Crippen molar-refractivity contribution >= 4 is 39.1 Å².